The van der Waals surface area contributed by atoms with Crippen LogP contribution in [0.3, 0.4) is 0 Å². The topological polar surface area (TPSA) is 99.6 Å². The summed E-state index contributed by atoms with van der Waals surface area (Å²) in [5, 5.41) is 10.2. The van der Waals surface area contributed by atoms with E-state index >= 15 is 0 Å². The predicted molar refractivity (Wildman–Crippen MR) is 118 cm³/mol. The standard InChI is InChI=1S/C22H36N6O3/c1-16(2)8-9-24-21(31)22(3)15-28-18(20(30)26(22)4)14-17(25-28)19(29)23-10-13-27-11-6-5-7-12-27/h14,16H,5-13,15H2,1-4H3,(H,23,29)(H,24,31). The first-order chi connectivity index (χ1) is 14.7. The highest BCUT2D eigenvalue weighted by Crippen LogP contribution is 2.26. The van der Waals surface area contributed by atoms with E-state index < -0.39 is 5.54 Å². The fourth-order valence-electron chi connectivity index (χ4n) is 4.10. The number of amides is 3. The summed E-state index contributed by atoms with van der Waals surface area (Å²) in [5.74, 6) is -0.338. The van der Waals surface area contributed by atoms with Crippen molar-refractivity contribution in [3.63, 3.8) is 0 Å². The van der Waals surface area contributed by atoms with E-state index in [4.69, 9.17) is 0 Å². The highest BCUT2D eigenvalue weighted by atomic mass is 16.2. The zero-order valence-electron chi connectivity index (χ0n) is 19.2. The van der Waals surface area contributed by atoms with Gasteiger partial charge in [-0.05, 0) is 45.2 Å². The van der Waals surface area contributed by atoms with E-state index in [1.165, 1.54) is 34.9 Å². The van der Waals surface area contributed by atoms with Crippen LogP contribution in [-0.4, -0.2) is 82.6 Å². The number of fused-ring (bicyclic) bond motifs is 1. The van der Waals surface area contributed by atoms with E-state index in [0.29, 0.717) is 24.7 Å². The van der Waals surface area contributed by atoms with Crippen LogP contribution in [0.1, 0.15) is 67.4 Å². The number of likely N-dealkylation sites (tertiary alicyclic amines) is 1. The van der Waals surface area contributed by atoms with Gasteiger partial charge in [0.15, 0.2) is 5.69 Å². The lowest BCUT2D eigenvalue weighted by Gasteiger charge is -2.40. The first kappa shape index (κ1) is 23.2. The number of likely N-dealkylation sites (N-methyl/N-ethyl adjacent to an activating group) is 1. The highest BCUT2D eigenvalue weighted by molar-refractivity contribution is 6.01. The summed E-state index contributed by atoms with van der Waals surface area (Å²) >= 11 is 0. The Kier molecular flexibility index (Phi) is 7.35. The summed E-state index contributed by atoms with van der Waals surface area (Å²) in [6.45, 7) is 10.2. The van der Waals surface area contributed by atoms with Gasteiger partial charge in [-0.1, -0.05) is 20.3 Å². The molecule has 2 N–H and O–H groups in total. The SMILES string of the molecule is CC(C)CCNC(=O)C1(C)Cn2nc(C(=O)NCCN3CCCCC3)cc2C(=O)N1C. The molecule has 0 bridgehead atoms. The van der Waals surface area contributed by atoms with E-state index in [9.17, 15) is 14.4 Å². The van der Waals surface area contributed by atoms with Crippen molar-refractivity contribution in [2.45, 2.75) is 58.5 Å². The summed E-state index contributed by atoms with van der Waals surface area (Å²) < 4.78 is 1.49. The molecule has 1 fully saturated rings. The lowest BCUT2D eigenvalue weighted by Crippen LogP contribution is -2.62. The van der Waals surface area contributed by atoms with Gasteiger partial charge in [0.05, 0.1) is 6.54 Å². The van der Waals surface area contributed by atoms with E-state index in [1.54, 1.807) is 14.0 Å². The Morgan fingerprint density at radius 3 is 2.55 bits per heavy atom. The van der Waals surface area contributed by atoms with Crippen LogP contribution in [0, 0.1) is 5.92 Å². The number of nitrogens with one attached hydrogen (secondary N) is 2. The van der Waals surface area contributed by atoms with Crippen LogP contribution in [0.15, 0.2) is 6.07 Å². The Morgan fingerprint density at radius 1 is 1.16 bits per heavy atom. The van der Waals surface area contributed by atoms with Gasteiger partial charge in [0, 0.05) is 32.7 Å². The fourth-order valence-corrected chi connectivity index (χ4v) is 4.10. The Labute approximate surface area is 184 Å². The quantitative estimate of drug-likeness (QED) is 0.641. The molecule has 172 valence electrons. The van der Waals surface area contributed by atoms with E-state index in [2.05, 4.69) is 34.5 Å². The largest absolute Gasteiger partial charge is 0.354 e. The smallest absolute Gasteiger partial charge is 0.272 e. The lowest BCUT2D eigenvalue weighted by molar-refractivity contribution is -0.132. The molecule has 1 saturated heterocycles. The second-order valence-electron chi connectivity index (χ2n) is 9.31. The Balaban J connectivity index is 1.63. The van der Waals surface area contributed by atoms with Crippen molar-refractivity contribution >= 4 is 17.7 Å². The summed E-state index contributed by atoms with van der Waals surface area (Å²) in [5.41, 5.74) is -0.522. The average Bonchev–Trinajstić information content (AvgIpc) is 3.16. The van der Waals surface area contributed by atoms with Gasteiger partial charge >= 0.3 is 0 Å². The molecule has 9 heteroatoms. The minimum atomic E-state index is -1.06. The maximum Gasteiger partial charge on any atom is 0.272 e. The number of hydrogen-bond donors (Lipinski definition) is 2. The van der Waals surface area contributed by atoms with Crippen molar-refractivity contribution in [1.29, 1.82) is 0 Å². The lowest BCUT2D eigenvalue weighted by atomic mass is 9.95. The van der Waals surface area contributed by atoms with Gasteiger partial charge in [0.2, 0.25) is 5.91 Å². The molecular weight excluding hydrogens is 396 g/mol. The molecule has 1 atom stereocenters. The van der Waals surface area contributed by atoms with Gasteiger partial charge in [-0.2, -0.15) is 5.10 Å². The number of piperidine rings is 1. The van der Waals surface area contributed by atoms with Crippen LogP contribution in [0.5, 0.6) is 0 Å². The number of aromatic nitrogens is 2. The molecule has 1 aromatic rings. The maximum atomic E-state index is 12.9. The molecule has 0 radical (unpaired) electrons. The Bertz CT molecular complexity index is 814. The first-order valence-corrected chi connectivity index (χ1v) is 11.4. The third-order valence-electron chi connectivity index (χ3n) is 6.39. The second-order valence-corrected chi connectivity index (χ2v) is 9.31. The van der Waals surface area contributed by atoms with Crippen molar-refractivity contribution in [1.82, 2.24) is 30.2 Å². The molecule has 0 saturated carbocycles. The highest BCUT2D eigenvalue weighted by Gasteiger charge is 2.46. The van der Waals surface area contributed by atoms with Crippen molar-refractivity contribution < 1.29 is 14.4 Å². The van der Waals surface area contributed by atoms with Crippen molar-refractivity contribution in [3.8, 4) is 0 Å². The number of nitrogens with zero attached hydrogens (tertiary/aromatic N) is 4. The van der Waals surface area contributed by atoms with Crippen molar-refractivity contribution in [2.24, 2.45) is 5.92 Å². The zero-order valence-corrected chi connectivity index (χ0v) is 19.2. The number of hydrogen-bond acceptors (Lipinski definition) is 5. The van der Waals surface area contributed by atoms with E-state index in [1.807, 2.05) is 0 Å². The Morgan fingerprint density at radius 2 is 1.87 bits per heavy atom. The van der Waals surface area contributed by atoms with Crippen molar-refractivity contribution in [3.05, 3.63) is 17.5 Å². The van der Waals surface area contributed by atoms with Crippen molar-refractivity contribution in [2.75, 3.05) is 39.8 Å². The third-order valence-corrected chi connectivity index (χ3v) is 6.39. The average molecular weight is 433 g/mol. The molecule has 1 aromatic heterocycles. The molecule has 0 spiro atoms. The maximum absolute atomic E-state index is 12.9. The summed E-state index contributed by atoms with van der Waals surface area (Å²) in [7, 11) is 1.62. The zero-order chi connectivity index (χ0) is 22.6. The molecule has 2 aliphatic heterocycles. The molecule has 2 aliphatic rings. The number of rotatable bonds is 8. The fraction of sp³-hybridized carbons (Fsp3) is 0.727. The second kappa shape index (κ2) is 9.80. The molecule has 0 aromatic carbocycles. The van der Waals surface area contributed by atoms with Crippen LogP contribution in [0.4, 0.5) is 0 Å². The Hall–Kier alpha value is -2.42. The van der Waals surface area contributed by atoms with Crippen LogP contribution >= 0.6 is 0 Å². The van der Waals surface area contributed by atoms with Gasteiger partial charge in [-0.25, -0.2) is 0 Å². The molecule has 0 aliphatic carbocycles. The molecule has 3 amide bonds. The van der Waals surface area contributed by atoms with E-state index in [-0.39, 0.29) is 30.0 Å². The third kappa shape index (κ3) is 5.26. The summed E-state index contributed by atoms with van der Waals surface area (Å²) in [6.07, 6.45) is 4.57. The van der Waals surface area contributed by atoms with E-state index in [0.717, 1.165) is 26.1 Å². The van der Waals surface area contributed by atoms with Crippen LogP contribution < -0.4 is 10.6 Å². The molecule has 9 nitrogen and oxygen atoms in total. The van der Waals surface area contributed by atoms with Crippen LogP contribution in [0.25, 0.3) is 0 Å². The first-order valence-electron chi connectivity index (χ1n) is 11.4. The molecule has 1 unspecified atom stereocenters. The molecule has 3 rings (SSSR count). The number of carbonyl (C=O) groups excluding carboxylic acids is 3. The van der Waals surface area contributed by atoms with Crippen LogP contribution in [-0.2, 0) is 11.3 Å². The molecule has 31 heavy (non-hydrogen) atoms. The normalized spacial score (nSPS) is 21.8. The van der Waals surface area contributed by atoms with Gasteiger partial charge < -0.3 is 20.4 Å². The van der Waals surface area contributed by atoms with Crippen LogP contribution in [0.2, 0.25) is 0 Å². The molecular formula is C22H36N6O3. The minimum Gasteiger partial charge on any atom is -0.354 e. The van der Waals surface area contributed by atoms with Gasteiger partial charge in [0.25, 0.3) is 11.8 Å². The summed E-state index contributed by atoms with van der Waals surface area (Å²) in [6, 6.07) is 1.52. The summed E-state index contributed by atoms with van der Waals surface area (Å²) in [4.78, 5) is 42.2. The predicted octanol–water partition coefficient (Wildman–Crippen LogP) is 1.11. The van der Waals surface area contributed by atoms with Gasteiger partial charge in [0.1, 0.15) is 11.2 Å². The monoisotopic (exact) mass is 432 g/mol. The number of carbonyl (C=O) groups is 3. The minimum absolute atomic E-state index is 0.207. The van der Waals surface area contributed by atoms with Gasteiger partial charge in [-0.3, -0.25) is 19.1 Å². The molecule has 3 heterocycles. The van der Waals surface area contributed by atoms with Gasteiger partial charge in [-0.15, -0.1) is 0 Å².